The van der Waals surface area contributed by atoms with E-state index >= 15 is 0 Å². The number of carbonyl (C=O) groups excluding carboxylic acids is 1. The summed E-state index contributed by atoms with van der Waals surface area (Å²) in [5.74, 6) is 0.544. The lowest BCUT2D eigenvalue weighted by atomic mass is 9.92. The van der Waals surface area contributed by atoms with Gasteiger partial charge in [-0.2, -0.15) is 0 Å². The van der Waals surface area contributed by atoms with E-state index in [9.17, 15) is 4.79 Å². The molecular formula is C21H30O3. The van der Waals surface area contributed by atoms with Gasteiger partial charge in [-0.3, -0.25) is 0 Å². The van der Waals surface area contributed by atoms with Crippen LogP contribution in [0.3, 0.4) is 0 Å². The molecule has 0 bridgehead atoms. The highest BCUT2D eigenvalue weighted by Gasteiger charge is 2.09. The Morgan fingerprint density at radius 3 is 2.12 bits per heavy atom. The van der Waals surface area contributed by atoms with Crippen LogP contribution in [0.4, 0.5) is 0 Å². The zero-order valence-electron chi connectivity index (χ0n) is 15.4. The number of hydrogen-bond donors (Lipinski definition) is 0. The fourth-order valence-electron chi connectivity index (χ4n) is 2.57. The van der Waals surface area contributed by atoms with Crippen LogP contribution in [0.15, 0.2) is 42.0 Å². The summed E-state index contributed by atoms with van der Waals surface area (Å²) in [5.41, 5.74) is 3.74. The Morgan fingerprint density at radius 2 is 1.58 bits per heavy atom. The number of benzene rings is 1. The summed E-state index contributed by atoms with van der Waals surface area (Å²) in [6.07, 6.45) is 9.93. The first-order valence-electron chi connectivity index (χ1n) is 8.78. The predicted octanol–water partition coefficient (Wildman–Crippen LogP) is 5.56. The molecule has 0 spiro atoms. The Morgan fingerprint density at radius 1 is 0.958 bits per heavy atom. The van der Waals surface area contributed by atoms with E-state index in [4.69, 9.17) is 9.47 Å². The maximum absolute atomic E-state index is 11.5. The molecule has 0 aromatic heterocycles. The number of carbonyl (C=O) groups is 1. The normalized spacial score (nSPS) is 12.2. The van der Waals surface area contributed by atoms with Gasteiger partial charge in [0.15, 0.2) is 0 Å². The third-order valence-corrected chi connectivity index (χ3v) is 4.03. The van der Waals surface area contributed by atoms with E-state index in [0.717, 1.165) is 44.3 Å². The van der Waals surface area contributed by atoms with Crippen LogP contribution in [0.5, 0.6) is 5.75 Å². The second-order valence-electron chi connectivity index (χ2n) is 5.80. The average Bonchev–Trinajstić information content (AvgIpc) is 2.63. The molecule has 0 heterocycles. The predicted molar refractivity (Wildman–Crippen MR) is 100 cm³/mol. The van der Waals surface area contributed by atoms with Crippen molar-refractivity contribution in [1.82, 2.24) is 0 Å². The molecule has 0 saturated heterocycles. The van der Waals surface area contributed by atoms with Crippen molar-refractivity contribution in [2.75, 3.05) is 14.2 Å². The van der Waals surface area contributed by atoms with Crippen molar-refractivity contribution in [3.05, 3.63) is 47.6 Å². The van der Waals surface area contributed by atoms with Crippen LogP contribution in [0, 0.1) is 0 Å². The molecule has 24 heavy (non-hydrogen) atoms. The highest BCUT2D eigenvalue weighted by Crippen LogP contribution is 2.29. The fraction of sp³-hybridized carbons (Fsp3) is 0.476. The number of unbranched alkanes of at least 4 members (excludes halogenated alkanes) is 2. The lowest BCUT2D eigenvalue weighted by Gasteiger charge is -2.14. The van der Waals surface area contributed by atoms with Crippen molar-refractivity contribution in [3.63, 3.8) is 0 Å². The minimum absolute atomic E-state index is 0.312. The van der Waals surface area contributed by atoms with Crippen LogP contribution in [0.1, 0.15) is 57.9 Å². The van der Waals surface area contributed by atoms with Crippen LogP contribution >= 0.6 is 0 Å². The topological polar surface area (TPSA) is 35.5 Å². The van der Waals surface area contributed by atoms with E-state index in [2.05, 4.69) is 26.0 Å². The molecule has 0 aliphatic rings. The zero-order chi connectivity index (χ0) is 17.8. The minimum Gasteiger partial charge on any atom is -0.497 e. The number of ether oxygens (including phenoxy) is 2. The van der Waals surface area contributed by atoms with Crippen molar-refractivity contribution in [2.24, 2.45) is 0 Å². The molecule has 0 N–H and O–H groups in total. The van der Waals surface area contributed by atoms with Gasteiger partial charge in [0.25, 0.3) is 0 Å². The summed E-state index contributed by atoms with van der Waals surface area (Å²) < 4.78 is 9.99. The van der Waals surface area contributed by atoms with Crippen molar-refractivity contribution in [2.45, 2.75) is 52.4 Å². The van der Waals surface area contributed by atoms with Crippen LogP contribution < -0.4 is 4.74 Å². The Labute approximate surface area is 146 Å². The number of rotatable bonds is 10. The first-order valence-corrected chi connectivity index (χ1v) is 8.78. The van der Waals surface area contributed by atoms with Crippen molar-refractivity contribution in [1.29, 1.82) is 0 Å². The Hall–Kier alpha value is -2.03. The molecule has 1 aromatic rings. The first kappa shape index (κ1) is 20.0. The minimum atomic E-state index is -0.312. The maximum Gasteiger partial charge on any atom is 0.330 e. The zero-order valence-corrected chi connectivity index (χ0v) is 15.4. The van der Waals surface area contributed by atoms with Gasteiger partial charge < -0.3 is 9.47 Å². The van der Waals surface area contributed by atoms with Gasteiger partial charge >= 0.3 is 5.97 Å². The van der Waals surface area contributed by atoms with Gasteiger partial charge in [0.1, 0.15) is 5.75 Å². The summed E-state index contributed by atoms with van der Waals surface area (Å²) in [6, 6.07) is 8.18. The largest absolute Gasteiger partial charge is 0.497 e. The molecule has 0 fully saturated rings. The summed E-state index contributed by atoms with van der Waals surface area (Å²) >= 11 is 0. The lowest BCUT2D eigenvalue weighted by molar-refractivity contribution is -0.134. The number of allylic oxidation sites excluding steroid dienone is 3. The Balaban J connectivity index is 3.24. The van der Waals surface area contributed by atoms with E-state index in [-0.39, 0.29) is 5.97 Å². The van der Waals surface area contributed by atoms with E-state index in [1.807, 2.05) is 18.2 Å². The van der Waals surface area contributed by atoms with E-state index in [1.54, 1.807) is 7.11 Å². The van der Waals surface area contributed by atoms with Gasteiger partial charge in [-0.05, 0) is 54.5 Å². The lowest BCUT2D eigenvalue weighted by Crippen LogP contribution is -1.97. The van der Waals surface area contributed by atoms with Gasteiger partial charge in [0.2, 0.25) is 0 Å². The third kappa shape index (κ3) is 6.61. The molecule has 0 radical (unpaired) electrons. The van der Waals surface area contributed by atoms with Crippen LogP contribution in [-0.2, 0) is 9.53 Å². The molecule has 1 aromatic carbocycles. The molecule has 1 rings (SSSR count). The molecule has 0 aliphatic carbocycles. The summed E-state index contributed by atoms with van der Waals surface area (Å²) in [5, 5.41) is 0. The number of hydrogen-bond acceptors (Lipinski definition) is 3. The molecule has 0 amide bonds. The molecule has 132 valence electrons. The SMILES string of the molecule is CCCCC(/C=C/C(=O)OC)=C(\CCCC)c1ccc(OC)cc1. The Bertz CT molecular complexity index is 553. The average molecular weight is 330 g/mol. The van der Waals surface area contributed by atoms with Crippen LogP contribution in [-0.4, -0.2) is 20.2 Å². The highest BCUT2D eigenvalue weighted by molar-refractivity contribution is 5.83. The van der Waals surface area contributed by atoms with E-state index < -0.39 is 0 Å². The van der Waals surface area contributed by atoms with Crippen molar-refractivity contribution >= 4 is 11.5 Å². The summed E-state index contributed by atoms with van der Waals surface area (Å²) in [4.78, 5) is 11.5. The van der Waals surface area contributed by atoms with Crippen molar-refractivity contribution in [3.8, 4) is 5.75 Å². The third-order valence-electron chi connectivity index (χ3n) is 4.03. The summed E-state index contributed by atoms with van der Waals surface area (Å²) in [6.45, 7) is 4.38. The molecule has 0 atom stereocenters. The number of methoxy groups -OCH3 is 2. The maximum atomic E-state index is 11.5. The second kappa shape index (κ2) is 11.5. The van der Waals surface area contributed by atoms with Gasteiger partial charge in [-0.25, -0.2) is 4.79 Å². The smallest absolute Gasteiger partial charge is 0.330 e. The molecule has 0 unspecified atom stereocenters. The molecule has 3 heteroatoms. The Kier molecular flexibility index (Phi) is 9.59. The van der Waals surface area contributed by atoms with Gasteiger partial charge in [0, 0.05) is 6.08 Å². The van der Waals surface area contributed by atoms with E-state index in [1.165, 1.54) is 29.9 Å². The summed E-state index contributed by atoms with van der Waals surface area (Å²) in [7, 11) is 3.08. The number of esters is 1. The van der Waals surface area contributed by atoms with Gasteiger partial charge in [0.05, 0.1) is 14.2 Å². The quantitative estimate of drug-likeness (QED) is 0.320. The van der Waals surface area contributed by atoms with Gasteiger partial charge in [-0.15, -0.1) is 0 Å². The monoisotopic (exact) mass is 330 g/mol. The fourth-order valence-corrected chi connectivity index (χ4v) is 2.57. The second-order valence-corrected chi connectivity index (χ2v) is 5.80. The van der Waals surface area contributed by atoms with E-state index in [0.29, 0.717) is 0 Å². The highest BCUT2D eigenvalue weighted by atomic mass is 16.5. The molecular weight excluding hydrogens is 300 g/mol. The molecule has 0 saturated carbocycles. The van der Waals surface area contributed by atoms with Crippen LogP contribution in [0.25, 0.3) is 5.57 Å². The first-order chi connectivity index (χ1) is 11.7. The van der Waals surface area contributed by atoms with Gasteiger partial charge in [-0.1, -0.05) is 44.9 Å². The van der Waals surface area contributed by atoms with Crippen LogP contribution in [0.2, 0.25) is 0 Å². The molecule has 0 aliphatic heterocycles. The van der Waals surface area contributed by atoms with Crippen molar-refractivity contribution < 1.29 is 14.3 Å². The standard InChI is InChI=1S/C21H30O3/c1-5-7-9-17(13-16-21(22)24-4)20(10-8-6-2)18-11-14-19(23-3)15-12-18/h11-16H,5-10H2,1-4H3/b16-13+,20-17-. The molecule has 3 nitrogen and oxygen atoms in total.